The maximum atomic E-state index is 11.4. The van der Waals surface area contributed by atoms with Crippen LogP contribution in [0.2, 0.25) is 0 Å². The normalized spacial score (nSPS) is 10.3. The first kappa shape index (κ1) is 17.5. The number of nitrogens with zero attached hydrogens (tertiary/aromatic N) is 1. The second-order valence-corrected chi connectivity index (χ2v) is 5.60. The molecular weight excluding hydrogens is 330 g/mol. The van der Waals surface area contributed by atoms with Crippen molar-refractivity contribution in [3.8, 4) is 17.0 Å². The molecule has 2 aromatic carbocycles. The Morgan fingerprint density at radius 3 is 2.69 bits per heavy atom. The SMILES string of the molecule is CCOC(=O)Nc1ccc(CCOc2ccccc2-c2cnc[nH]2)cc1. The molecule has 6 nitrogen and oxygen atoms in total. The molecule has 1 aromatic heterocycles. The van der Waals surface area contributed by atoms with E-state index in [1.165, 1.54) is 0 Å². The smallest absolute Gasteiger partial charge is 0.411 e. The molecule has 2 N–H and O–H groups in total. The standard InChI is InChI=1S/C20H21N3O3/c1-2-25-20(24)23-16-9-7-15(8-10-16)11-12-26-19-6-4-3-5-17(19)18-13-21-14-22-18/h3-10,13-14H,2,11-12H2,1H3,(H,21,22)(H,23,24). The lowest BCUT2D eigenvalue weighted by Crippen LogP contribution is -2.13. The van der Waals surface area contributed by atoms with E-state index in [1.807, 2.05) is 48.5 Å². The van der Waals surface area contributed by atoms with E-state index in [-0.39, 0.29) is 0 Å². The Bertz CT molecular complexity index is 830. The number of ether oxygens (including phenoxy) is 2. The van der Waals surface area contributed by atoms with Gasteiger partial charge in [-0.2, -0.15) is 0 Å². The largest absolute Gasteiger partial charge is 0.493 e. The first-order valence-corrected chi connectivity index (χ1v) is 8.49. The van der Waals surface area contributed by atoms with Gasteiger partial charge in [-0.1, -0.05) is 24.3 Å². The van der Waals surface area contributed by atoms with Crippen LogP contribution in [0.15, 0.2) is 61.1 Å². The fourth-order valence-corrected chi connectivity index (χ4v) is 2.54. The van der Waals surface area contributed by atoms with Gasteiger partial charge in [0.2, 0.25) is 0 Å². The number of hydrogen-bond donors (Lipinski definition) is 2. The maximum Gasteiger partial charge on any atom is 0.411 e. The lowest BCUT2D eigenvalue weighted by Gasteiger charge is -2.11. The minimum atomic E-state index is -0.445. The molecule has 0 radical (unpaired) electrons. The van der Waals surface area contributed by atoms with Crippen molar-refractivity contribution in [3.63, 3.8) is 0 Å². The molecule has 0 aliphatic rings. The van der Waals surface area contributed by atoms with Gasteiger partial charge in [0.05, 0.1) is 31.4 Å². The average Bonchev–Trinajstić information content (AvgIpc) is 3.18. The highest BCUT2D eigenvalue weighted by molar-refractivity contribution is 5.84. The molecule has 0 saturated heterocycles. The number of anilines is 1. The third-order valence-electron chi connectivity index (χ3n) is 3.80. The van der Waals surface area contributed by atoms with Gasteiger partial charge in [0.1, 0.15) is 5.75 Å². The van der Waals surface area contributed by atoms with Crippen LogP contribution in [-0.2, 0) is 11.2 Å². The zero-order valence-electron chi connectivity index (χ0n) is 14.6. The van der Waals surface area contributed by atoms with Crippen molar-refractivity contribution in [2.75, 3.05) is 18.5 Å². The highest BCUT2D eigenvalue weighted by atomic mass is 16.5. The van der Waals surface area contributed by atoms with Crippen LogP contribution in [0.25, 0.3) is 11.3 Å². The number of nitrogens with one attached hydrogen (secondary N) is 2. The molecule has 0 spiro atoms. The zero-order chi connectivity index (χ0) is 18.2. The van der Waals surface area contributed by atoms with Crippen molar-refractivity contribution in [3.05, 3.63) is 66.6 Å². The Hall–Kier alpha value is -3.28. The van der Waals surface area contributed by atoms with E-state index in [0.717, 1.165) is 29.0 Å². The summed E-state index contributed by atoms with van der Waals surface area (Å²) in [6, 6.07) is 15.5. The molecule has 1 heterocycles. The second kappa shape index (κ2) is 8.71. The van der Waals surface area contributed by atoms with Crippen LogP contribution in [0, 0.1) is 0 Å². The number of hydrogen-bond acceptors (Lipinski definition) is 4. The molecule has 0 saturated carbocycles. The van der Waals surface area contributed by atoms with Gasteiger partial charge in [-0.15, -0.1) is 0 Å². The molecule has 3 aromatic rings. The molecular formula is C20H21N3O3. The van der Waals surface area contributed by atoms with Crippen LogP contribution in [0.1, 0.15) is 12.5 Å². The predicted octanol–water partition coefficient (Wildman–Crippen LogP) is 4.27. The third-order valence-corrected chi connectivity index (χ3v) is 3.80. The molecule has 0 bridgehead atoms. The number of aromatic nitrogens is 2. The summed E-state index contributed by atoms with van der Waals surface area (Å²) >= 11 is 0. The van der Waals surface area contributed by atoms with Gasteiger partial charge >= 0.3 is 6.09 Å². The summed E-state index contributed by atoms with van der Waals surface area (Å²) in [5, 5.41) is 2.67. The van der Waals surface area contributed by atoms with Crippen LogP contribution in [0.3, 0.4) is 0 Å². The molecule has 26 heavy (non-hydrogen) atoms. The highest BCUT2D eigenvalue weighted by Gasteiger charge is 2.07. The zero-order valence-corrected chi connectivity index (χ0v) is 14.6. The van der Waals surface area contributed by atoms with Crippen LogP contribution in [-0.4, -0.2) is 29.3 Å². The van der Waals surface area contributed by atoms with E-state index in [4.69, 9.17) is 9.47 Å². The first-order chi connectivity index (χ1) is 12.8. The van der Waals surface area contributed by atoms with Crippen LogP contribution < -0.4 is 10.1 Å². The van der Waals surface area contributed by atoms with Crippen LogP contribution in [0.4, 0.5) is 10.5 Å². The van der Waals surface area contributed by atoms with Crippen molar-refractivity contribution >= 4 is 11.8 Å². The summed E-state index contributed by atoms with van der Waals surface area (Å²) in [6.07, 6.45) is 3.74. The summed E-state index contributed by atoms with van der Waals surface area (Å²) in [6.45, 7) is 2.67. The fourth-order valence-electron chi connectivity index (χ4n) is 2.54. The number of benzene rings is 2. The Balaban J connectivity index is 1.55. The van der Waals surface area contributed by atoms with E-state index in [1.54, 1.807) is 19.4 Å². The van der Waals surface area contributed by atoms with Crippen LogP contribution in [0.5, 0.6) is 5.75 Å². The van der Waals surface area contributed by atoms with E-state index < -0.39 is 6.09 Å². The number of carbonyl (C=O) groups is 1. The maximum absolute atomic E-state index is 11.4. The number of rotatable bonds is 7. The Labute approximate surface area is 152 Å². The van der Waals surface area contributed by atoms with Gasteiger partial charge < -0.3 is 14.5 Å². The molecule has 0 unspecified atom stereocenters. The quantitative estimate of drug-likeness (QED) is 0.666. The van der Waals surface area contributed by atoms with Gasteiger partial charge in [0.15, 0.2) is 0 Å². The number of aromatic amines is 1. The molecule has 0 fully saturated rings. The van der Waals surface area contributed by atoms with Gasteiger partial charge in [0.25, 0.3) is 0 Å². The van der Waals surface area contributed by atoms with E-state index in [2.05, 4.69) is 15.3 Å². The molecule has 0 atom stereocenters. The molecule has 0 aliphatic heterocycles. The summed E-state index contributed by atoms with van der Waals surface area (Å²) in [5.74, 6) is 0.817. The van der Waals surface area contributed by atoms with Crippen molar-refractivity contribution in [1.29, 1.82) is 0 Å². The number of carbonyl (C=O) groups excluding carboxylic acids is 1. The summed E-state index contributed by atoms with van der Waals surface area (Å²) in [4.78, 5) is 18.5. The average molecular weight is 351 g/mol. The Morgan fingerprint density at radius 1 is 1.15 bits per heavy atom. The second-order valence-electron chi connectivity index (χ2n) is 5.60. The van der Waals surface area contributed by atoms with Gasteiger partial charge in [-0.25, -0.2) is 9.78 Å². The van der Waals surface area contributed by atoms with Gasteiger partial charge in [0, 0.05) is 17.7 Å². The Morgan fingerprint density at radius 2 is 1.96 bits per heavy atom. The predicted molar refractivity (Wildman–Crippen MR) is 100 cm³/mol. The van der Waals surface area contributed by atoms with Crippen molar-refractivity contribution in [2.24, 2.45) is 0 Å². The molecule has 6 heteroatoms. The van der Waals surface area contributed by atoms with E-state index in [9.17, 15) is 4.79 Å². The van der Waals surface area contributed by atoms with Crippen molar-refractivity contribution in [2.45, 2.75) is 13.3 Å². The molecule has 3 rings (SSSR count). The monoisotopic (exact) mass is 351 g/mol. The first-order valence-electron chi connectivity index (χ1n) is 8.49. The number of amides is 1. The minimum Gasteiger partial charge on any atom is -0.493 e. The van der Waals surface area contributed by atoms with Crippen LogP contribution >= 0.6 is 0 Å². The van der Waals surface area contributed by atoms with E-state index >= 15 is 0 Å². The van der Waals surface area contributed by atoms with Gasteiger partial charge in [-0.3, -0.25) is 5.32 Å². The number of para-hydroxylation sites is 1. The fraction of sp³-hybridized carbons (Fsp3) is 0.200. The summed E-state index contributed by atoms with van der Waals surface area (Å²) < 4.78 is 10.8. The lowest BCUT2D eigenvalue weighted by molar-refractivity contribution is 0.168. The number of imidazole rings is 1. The van der Waals surface area contributed by atoms with E-state index in [0.29, 0.717) is 18.9 Å². The topological polar surface area (TPSA) is 76.2 Å². The Kier molecular flexibility index (Phi) is 5.88. The van der Waals surface area contributed by atoms with Crippen molar-refractivity contribution in [1.82, 2.24) is 9.97 Å². The molecule has 0 aliphatic carbocycles. The van der Waals surface area contributed by atoms with Gasteiger partial charge in [-0.05, 0) is 36.8 Å². The highest BCUT2D eigenvalue weighted by Crippen LogP contribution is 2.27. The minimum absolute atomic E-state index is 0.348. The third kappa shape index (κ3) is 4.63. The summed E-state index contributed by atoms with van der Waals surface area (Å²) in [5.41, 5.74) is 3.74. The molecule has 134 valence electrons. The lowest BCUT2D eigenvalue weighted by atomic mass is 10.1. The van der Waals surface area contributed by atoms with Crippen molar-refractivity contribution < 1.29 is 14.3 Å². The molecule has 1 amide bonds. The summed E-state index contributed by atoms with van der Waals surface area (Å²) in [7, 11) is 0. The number of H-pyrrole nitrogens is 1.